The maximum Gasteiger partial charge on any atom is 0.240 e. The van der Waals surface area contributed by atoms with Gasteiger partial charge in [-0.1, -0.05) is 5.92 Å². The van der Waals surface area contributed by atoms with Crippen molar-refractivity contribution >= 4 is 11.8 Å². The summed E-state index contributed by atoms with van der Waals surface area (Å²) in [5, 5.41) is 4.85. The Bertz CT molecular complexity index is 218. The van der Waals surface area contributed by atoms with Gasteiger partial charge in [-0.15, -0.1) is 6.42 Å². The predicted octanol–water partition coefficient (Wildman–Crippen LogP) is -0.740. The van der Waals surface area contributed by atoms with Gasteiger partial charge in [0.2, 0.25) is 11.8 Å². The molecule has 0 radical (unpaired) electrons. The summed E-state index contributed by atoms with van der Waals surface area (Å²) < 4.78 is 0. The second kappa shape index (κ2) is 5.19. The van der Waals surface area contributed by atoms with Gasteiger partial charge < -0.3 is 10.6 Å². The van der Waals surface area contributed by atoms with Crippen LogP contribution in [0, 0.1) is 12.3 Å². The van der Waals surface area contributed by atoms with Crippen LogP contribution in [-0.4, -0.2) is 24.4 Å². The Morgan fingerprint density at radius 1 is 1.58 bits per heavy atom. The molecule has 0 aromatic heterocycles. The number of hydrogen-bond acceptors (Lipinski definition) is 2. The van der Waals surface area contributed by atoms with Crippen molar-refractivity contribution in [3.63, 3.8) is 0 Å². The van der Waals surface area contributed by atoms with E-state index < -0.39 is 0 Å². The Kier molecular flexibility index (Phi) is 4.54. The summed E-state index contributed by atoms with van der Waals surface area (Å²) in [5.41, 5.74) is 0. The number of carbonyl (C=O) groups excluding carboxylic acids is 2. The van der Waals surface area contributed by atoms with Crippen molar-refractivity contribution in [2.24, 2.45) is 0 Å². The SMILES string of the molecule is C#CC(C)NC(=O)CNC(C)=O. The van der Waals surface area contributed by atoms with E-state index in [0.717, 1.165) is 0 Å². The highest BCUT2D eigenvalue weighted by molar-refractivity contribution is 5.83. The zero-order valence-electron chi connectivity index (χ0n) is 7.18. The largest absolute Gasteiger partial charge is 0.347 e. The van der Waals surface area contributed by atoms with Crippen LogP contribution in [0.25, 0.3) is 0 Å². The zero-order valence-corrected chi connectivity index (χ0v) is 7.18. The predicted molar refractivity (Wildman–Crippen MR) is 45.1 cm³/mol. The molecule has 0 spiro atoms. The number of terminal acetylenes is 1. The molecule has 66 valence electrons. The van der Waals surface area contributed by atoms with Crippen LogP contribution in [0.3, 0.4) is 0 Å². The molecule has 0 aromatic carbocycles. The van der Waals surface area contributed by atoms with Crippen molar-refractivity contribution in [3.8, 4) is 12.3 Å². The van der Waals surface area contributed by atoms with Crippen LogP contribution in [-0.2, 0) is 9.59 Å². The van der Waals surface area contributed by atoms with E-state index in [1.165, 1.54) is 6.92 Å². The standard InChI is InChI=1S/C8H12N2O2/c1-4-6(2)10-8(12)5-9-7(3)11/h1,6H,5H2,2-3H3,(H,9,11)(H,10,12). The van der Waals surface area contributed by atoms with Gasteiger partial charge in [-0.3, -0.25) is 9.59 Å². The molecule has 0 aliphatic carbocycles. The molecular weight excluding hydrogens is 156 g/mol. The molecule has 2 amide bonds. The quantitative estimate of drug-likeness (QED) is 0.545. The molecule has 1 atom stereocenters. The minimum Gasteiger partial charge on any atom is -0.347 e. The van der Waals surface area contributed by atoms with Gasteiger partial charge in [0.15, 0.2) is 0 Å². The van der Waals surface area contributed by atoms with Crippen LogP contribution < -0.4 is 10.6 Å². The lowest BCUT2D eigenvalue weighted by atomic mass is 10.3. The minimum atomic E-state index is -0.300. The summed E-state index contributed by atoms with van der Waals surface area (Å²) in [7, 11) is 0. The highest BCUT2D eigenvalue weighted by atomic mass is 16.2. The topological polar surface area (TPSA) is 58.2 Å². The van der Waals surface area contributed by atoms with Crippen LogP contribution in [0.1, 0.15) is 13.8 Å². The number of nitrogens with one attached hydrogen (secondary N) is 2. The molecule has 0 aromatic rings. The van der Waals surface area contributed by atoms with Gasteiger partial charge in [-0.2, -0.15) is 0 Å². The third-order valence-corrected chi connectivity index (χ3v) is 1.13. The number of hydrogen-bond donors (Lipinski definition) is 2. The van der Waals surface area contributed by atoms with Gasteiger partial charge in [0.25, 0.3) is 0 Å². The van der Waals surface area contributed by atoms with Gasteiger partial charge in [-0.05, 0) is 6.92 Å². The molecule has 0 saturated heterocycles. The van der Waals surface area contributed by atoms with Gasteiger partial charge in [0.05, 0.1) is 12.6 Å². The molecule has 0 aliphatic rings. The number of amides is 2. The van der Waals surface area contributed by atoms with E-state index in [2.05, 4.69) is 16.6 Å². The molecule has 0 saturated carbocycles. The van der Waals surface area contributed by atoms with E-state index in [1.54, 1.807) is 6.92 Å². The van der Waals surface area contributed by atoms with Crippen molar-refractivity contribution < 1.29 is 9.59 Å². The highest BCUT2D eigenvalue weighted by Crippen LogP contribution is 1.75. The second-order valence-electron chi connectivity index (χ2n) is 2.37. The van der Waals surface area contributed by atoms with Gasteiger partial charge in [0, 0.05) is 6.92 Å². The highest BCUT2D eigenvalue weighted by Gasteiger charge is 2.03. The summed E-state index contributed by atoms with van der Waals surface area (Å²) in [4.78, 5) is 21.3. The monoisotopic (exact) mass is 168 g/mol. The first kappa shape index (κ1) is 10.5. The molecule has 0 fully saturated rings. The Balaban J connectivity index is 3.62. The van der Waals surface area contributed by atoms with Crippen LogP contribution in [0.15, 0.2) is 0 Å². The molecule has 0 bridgehead atoms. The summed E-state index contributed by atoms with van der Waals surface area (Å²) >= 11 is 0. The molecular formula is C8H12N2O2. The van der Waals surface area contributed by atoms with Crippen LogP contribution in [0.5, 0.6) is 0 Å². The summed E-state index contributed by atoms with van der Waals surface area (Å²) in [6, 6.07) is -0.300. The first-order valence-corrected chi connectivity index (χ1v) is 3.56. The van der Waals surface area contributed by atoms with E-state index in [9.17, 15) is 9.59 Å². The van der Waals surface area contributed by atoms with Crippen LogP contribution in [0.2, 0.25) is 0 Å². The van der Waals surface area contributed by atoms with Crippen molar-refractivity contribution in [3.05, 3.63) is 0 Å². The third kappa shape index (κ3) is 5.30. The molecule has 12 heavy (non-hydrogen) atoms. The molecule has 4 heteroatoms. The van der Waals surface area contributed by atoms with Crippen LogP contribution >= 0.6 is 0 Å². The maximum atomic E-state index is 10.9. The molecule has 0 aliphatic heterocycles. The first-order valence-electron chi connectivity index (χ1n) is 3.56. The van der Waals surface area contributed by atoms with E-state index in [4.69, 9.17) is 6.42 Å². The second-order valence-corrected chi connectivity index (χ2v) is 2.37. The van der Waals surface area contributed by atoms with Crippen molar-refractivity contribution in [2.45, 2.75) is 19.9 Å². The fourth-order valence-corrected chi connectivity index (χ4v) is 0.539. The first-order chi connectivity index (χ1) is 5.56. The summed E-state index contributed by atoms with van der Waals surface area (Å²) in [6.45, 7) is 3.00. The lowest BCUT2D eigenvalue weighted by molar-refractivity contribution is -0.125. The van der Waals surface area contributed by atoms with Gasteiger partial charge >= 0.3 is 0 Å². The van der Waals surface area contributed by atoms with E-state index in [-0.39, 0.29) is 24.4 Å². The van der Waals surface area contributed by atoms with Crippen molar-refractivity contribution in [1.29, 1.82) is 0 Å². The van der Waals surface area contributed by atoms with E-state index in [1.807, 2.05) is 0 Å². The fraction of sp³-hybridized carbons (Fsp3) is 0.500. The Labute approximate surface area is 71.7 Å². The van der Waals surface area contributed by atoms with Crippen molar-refractivity contribution in [1.82, 2.24) is 10.6 Å². The summed E-state index contributed by atoms with van der Waals surface area (Å²) in [5.74, 6) is 1.82. The molecule has 2 N–H and O–H groups in total. The minimum absolute atomic E-state index is 0.0264. The van der Waals surface area contributed by atoms with Gasteiger partial charge in [-0.25, -0.2) is 0 Å². The third-order valence-electron chi connectivity index (χ3n) is 1.13. The zero-order chi connectivity index (χ0) is 9.56. The van der Waals surface area contributed by atoms with Crippen molar-refractivity contribution in [2.75, 3.05) is 6.54 Å². The Morgan fingerprint density at radius 2 is 2.17 bits per heavy atom. The molecule has 1 unspecified atom stereocenters. The summed E-state index contributed by atoms with van der Waals surface area (Å²) in [6.07, 6.45) is 5.02. The Hall–Kier alpha value is -1.50. The van der Waals surface area contributed by atoms with Gasteiger partial charge in [0.1, 0.15) is 0 Å². The number of carbonyl (C=O) groups is 2. The lowest BCUT2D eigenvalue weighted by Crippen LogP contribution is -2.39. The van der Waals surface area contributed by atoms with E-state index >= 15 is 0 Å². The Morgan fingerprint density at radius 3 is 2.58 bits per heavy atom. The average molecular weight is 168 g/mol. The molecule has 0 rings (SSSR count). The smallest absolute Gasteiger partial charge is 0.240 e. The maximum absolute atomic E-state index is 10.9. The fourth-order valence-electron chi connectivity index (χ4n) is 0.539. The lowest BCUT2D eigenvalue weighted by Gasteiger charge is -2.07. The van der Waals surface area contributed by atoms with Crippen LogP contribution in [0.4, 0.5) is 0 Å². The molecule has 0 heterocycles. The van der Waals surface area contributed by atoms with E-state index in [0.29, 0.717) is 0 Å². The molecule has 4 nitrogen and oxygen atoms in total. The number of rotatable bonds is 3. The average Bonchev–Trinajstić information content (AvgIpc) is 2.00. The normalized spacial score (nSPS) is 11.1.